The summed E-state index contributed by atoms with van der Waals surface area (Å²) in [6, 6.07) is 6.57. The summed E-state index contributed by atoms with van der Waals surface area (Å²) in [7, 11) is 0. The van der Waals surface area contributed by atoms with Crippen molar-refractivity contribution in [2.24, 2.45) is 0 Å². The van der Waals surface area contributed by atoms with Crippen LogP contribution in [0, 0.1) is 10.5 Å². The lowest BCUT2D eigenvalue weighted by atomic mass is 10.2. The van der Waals surface area contributed by atoms with Gasteiger partial charge in [-0.25, -0.2) is 0 Å². The van der Waals surface area contributed by atoms with E-state index < -0.39 is 0 Å². The number of rotatable bonds is 2. The third-order valence-electron chi connectivity index (χ3n) is 1.39. The molecule has 1 aromatic carbocycles. The predicted molar refractivity (Wildman–Crippen MR) is 60.3 cm³/mol. The number of halogens is 1. The Morgan fingerprint density at radius 1 is 1.45 bits per heavy atom. The van der Waals surface area contributed by atoms with Crippen molar-refractivity contribution in [1.82, 2.24) is 0 Å². The second-order valence-electron chi connectivity index (χ2n) is 2.37. The summed E-state index contributed by atoms with van der Waals surface area (Å²) in [4.78, 5) is 1.41. The Balaban J connectivity index is 2.93. The molecule has 0 aliphatic heterocycles. The minimum Gasteiger partial charge on any atom is -0.125 e. The van der Waals surface area contributed by atoms with Crippen LogP contribution in [0.25, 0.3) is 0 Å². The molecule has 0 bridgehead atoms. The van der Waals surface area contributed by atoms with E-state index in [1.807, 2.05) is 11.8 Å². The first-order chi connectivity index (χ1) is 5.24. The first-order valence-electron chi connectivity index (χ1n) is 3.63. The van der Waals surface area contributed by atoms with E-state index in [2.05, 4.69) is 54.6 Å². The standard InChI is InChI=1S/C9H11IS/c1-3-11-9-6-7(2)4-5-8(9)10/h4-6H,3H2,1-2H3. The number of thioether (sulfide) groups is 1. The summed E-state index contributed by atoms with van der Waals surface area (Å²) in [5.41, 5.74) is 1.35. The van der Waals surface area contributed by atoms with Crippen molar-refractivity contribution in [2.45, 2.75) is 18.7 Å². The smallest absolute Gasteiger partial charge is 0.0266 e. The maximum absolute atomic E-state index is 2.38. The van der Waals surface area contributed by atoms with Gasteiger partial charge in [0.05, 0.1) is 0 Å². The van der Waals surface area contributed by atoms with Crippen molar-refractivity contribution in [2.75, 3.05) is 5.75 Å². The molecule has 0 spiro atoms. The molecule has 0 radical (unpaired) electrons. The third-order valence-corrected chi connectivity index (χ3v) is 3.63. The summed E-state index contributed by atoms with van der Waals surface area (Å²) < 4.78 is 1.36. The number of hydrogen-bond acceptors (Lipinski definition) is 1. The van der Waals surface area contributed by atoms with Gasteiger partial charge >= 0.3 is 0 Å². The zero-order valence-electron chi connectivity index (χ0n) is 6.73. The molecule has 0 unspecified atom stereocenters. The van der Waals surface area contributed by atoms with Crippen LogP contribution in [0.1, 0.15) is 12.5 Å². The predicted octanol–water partition coefficient (Wildman–Crippen LogP) is 3.71. The molecule has 0 fully saturated rings. The van der Waals surface area contributed by atoms with Gasteiger partial charge < -0.3 is 0 Å². The van der Waals surface area contributed by atoms with Gasteiger partial charge in [0, 0.05) is 8.47 Å². The highest BCUT2D eigenvalue weighted by Crippen LogP contribution is 2.24. The molecule has 1 rings (SSSR count). The fourth-order valence-electron chi connectivity index (χ4n) is 0.877. The summed E-state index contributed by atoms with van der Waals surface area (Å²) >= 11 is 4.29. The lowest BCUT2D eigenvalue weighted by Crippen LogP contribution is -1.81. The molecule has 0 saturated carbocycles. The van der Waals surface area contributed by atoms with Crippen molar-refractivity contribution in [1.29, 1.82) is 0 Å². The monoisotopic (exact) mass is 278 g/mol. The minimum absolute atomic E-state index is 1.15. The maximum Gasteiger partial charge on any atom is 0.0266 e. The van der Waals surface area contributed by atoms with Crippen molar-refractivity contribution < 1.29 is 0 Å². The molecule has 0 atom stereocenters. The highest BCUT2D eigenvalue weighted by molar-refractivity contribution is 14.1. The number of hydrogen-bond donors (Lipinski definition) is 0. The summed E-state index contributed by atoms with van der Waals surface area (Å²) in [6.45, 7) is 4.32. The molecule has 0 amide bonds. The summed E-state index contributed by atoms with van der Waals surface area (Å²) in [6.07, 6.45) is 0. The van der Waals surface area contributed by atoms with Gasteiger partial charge in [0.25, 0.3) is 0 Å². The second kappa shape index (κ2) is 4.36. The lowest BCUT2D eigenvalue weighted by Gasteiger charge is -2.02. The van der Waals surface area contributed by atoms with Crippen LogP contribution in [0.15, 0.2) is 23.1 Å². The molecular formula is C9H11IS. The fraction of sp³-hybridized carbons (Fsp3) is 0.333. The maximum atomic E-state index is 2.38. The van der Waals surface area contributed by atoms with E-state index in [1.165, 1.54) is 14.0 Å². The topological polar surface area (TPSA) is 0 Å². The van der Waals surface area contributed by atoms with Gasteiger partial charge in [0.2, 0.25) is 0 Å². The van der Waals surface area contributed by atoms with Gasteiger partial charge in [-0.1, -0.05) is 13.0 Å². The zero-order chi connectivity index (χ0) is 8.27. The Bertz CT molecular complexity index is 245. The highest BCUT2D eigenvalue weighted by atomic mass is 127. The first kappa shape index (κ1) is 9.39. The van der Waals surface area contributed by atoms with E-state index >= 15 is 0 Å². The van der Waals surface area contributed by atoms with Crippen molar-refractivity contribution in [3.8, 4) is 0 Å². The quantitative estimate of drug-likeness (QED) is 0.587. The van der Waals surface area contributed by atoms with E-state index in [9.17, 15) is 0 Å². The van der Waals surface area contributed by atoms with Crippen LogP contribution in [0.5, 0.6) is 0 Å². The normalized spacial score (nSPS) is 10.1. The molecule has 0 aliphatic carbocycles. The van der Waals surface area contributed by atoms with Crippen molar-refractivity contribution in [3.05, 3.63) is 27.3 Å². The van der Waals surface area contributed by atoms with Gasteiger partial charge in [-0.15, -0.1) is 11.8 Å². The molecule has 60 valence electrons. The van der Waals surface area contributed by atoms with Crippen LogP contribution in [-0.2, 0) is 0 Å². The molecule has 0 aliphatic rings. The molecule has 11 heavy (non-hydrogen) atoms. The highest BCUT2D eigenvalue weighted by Gasteiger charge is 1.97. The molecule has 0 N–H and O–H groups in total. The second-order valence-corrected chi connectivity index (χ2v) is 4.83. The van der Waals surface area contributed by atoms with Gasteiger partial charge in [-0.05, 0) is 53.0 Å². The van der Waals surface area contributed by atoms with Crippen LogP contribution in [0.2, 0.25) is 0 Å². The number of benzene rings is 1. The molecule has 0 aromatic heterocycles. The molecule has 0 saturated heterocycles. The van der Waals surface area contributed by atoms with Gasteiger partial charge in [-0.2, -0.15) is 0 Å². The SMILES string of the molecule is CCSc1cc(C)ccc1I. The van der Waals surface area contributed by atoms with E-state index in [0.717, 1.165) is 5.75 Å². The van der Waals surface area contributed by atoms with Crippen LogP contribution >= 0.6 is 34.4 Å². The Kier molecular flexibility index (Phi) is 3.72. The average Bonchev–Trinajstić information content (AvgIpc) is 1.98. The lowest BCUT2D eigenvalue weighted by molar-refractivity contribution is 1.32. The van der Waals surface area contributed by atoms with Crippen LogP contribution in [0.3, 0.4) is 0 Å². The Labute approximate surface area is 85.9 Å². The molecule has 0 nitrogen and oxygen atoms in total. The van der Waals surface area contributed by atoms with Crippen LogP contribution in [0.4, 0.5) is 0 Å². The minimum atomic E-state index is 1.15. The molecular weight excluding hydrogens is 267 g/mol. The fourth-order valence-corrected chi connectivity index (χ4v) is 2.47. The van der Waals surface area contributed by atoms with Crippen molar-refractivity contribution >= 4 is 34.4 Å². The summed E-state index contributed by atoms with van der Waals surface area (Å²) in [5, 5.41) is 0. The average molecular weight is 278 g/mol. The molecule has 2 heteroatoms. The van der Waals surface area contributed by atoms with Gasteiger partial charge in [-0.3, -0.25) is 0 Å². The Morgan fingerprint density at radius 2 is 2.18 bits per heavy atom. The van der Waals surface area contributed by atoms with Gasteiger partial charge in [0.15, 0.2) is 0 Å². The van der Waals surface area contributed by atoms with E-state index in [1.54, 1.807) is 0 Å². The zero-order valence-corrected chi connectivity index (χ0v) is 9.70. The molecule has 1 aromatic rings. The van der Waals surface area contributed by atoms with E-state index in [0.29, 0.717) is 0 Å². The van der Waals surface area contributed by atoms with Crippen LogP contribution < -0.4 is 0 Å². The van der Waals surface area contributed by atoms with E-state index in [-0.39, 0.29) is 0 Å². The van der Waals surface area contributed by atoms with Crippen LogP contribution in [-0.4, -0.2) is 5.75 Å². The van der Waals surface area contributed by atoms with Gasteiger partial charge in [0.1, 0.15) is 0 Å². The third kappa shape index (κ3) is 2.67. The van der Waals surface area contributed by atoms with E-state index in [4.69, 9.17) is 0 Å². The number of aryl methyl sites for hydroxylation is 1. The Morgan fingerprint density at radius 3 is 2.82 bits per heavy atom. The Hall–Kier alpha value is 0.300. The van der Waals surface area contributed by atoms with Crippen molar-refractivity contribution in [3.63, 3.8) is 0 Å². The largest absolute Gasteiger partial charge is 0.125 e. The molecule has 0 heterocycles. The first-order valence-corrected chi connectivity index (χ1v) is 5.69. The summed E-state index contributed by atoms with van der Waals surface area (Å²) in [5.74, 6) is 1.15.